The largest absolute Gasteiger partial charge is 0.497 e. The summed E-state index contributed by atoms with van der Waals surface area (Å²) in [5, 5.41) is 4.00. The van der Waals surface area contributed by atoms with Crippen molar-refractivity contribution in [3.05, 3.63) is 54.1 Å². The Balaban J connectivity index is 1.63. The molecular weight excluding hydrogens is 333 g/mol. The highest BCUT2D eigenvalue weighted by Gasteiger charge is 2.36. The van der Waals surface area contributed by atoms with Gasteiger partial charge in [-0.05, 0) is 48.2 Å². The molecule has 6 heteroatoms. The molecule has 1 aliphatic rings. The van der Waals surface area contributed by atoms with Gasteiger partial charge in [0, 0.05) is 0 Å². The van der Waals surface area contributed by atoms with Gasteiger partial charge in [0.05, 0.1) is 18.2 Å². The van der Waals surface area contributed by atoms with Crippen molar-refractivity contribution in [3.8, 4) is 28.3 Å². The van der Waals surface area contributed by atoms with Crippen LogP contribution in [0.15, 0.2) is 47.0 Å². The second-order valence-corrected chi connectivity index (χ2v) is 6.71. The minimum Gasteiger partial charge on any atom is -0.497 e. The summed E-state index contributed by atoms with van der Waals surface area (Å²) in [6.45, 7) is 0. The summed E-state index contributed by atoms with van der Waals surface area (Å²) in [6.07, 6.45) is 3.74. The minimum atomic E-state index is -0.554. The third-order valence-corrected chi connectivity index (χ3v) is 4.99. The van der Waals surface area contributed by atoms with Gasteiger partial charge in [0.25, 0.3) is 5.89 Å². The van der Waals surface area contributed by atoms with Crippen LogP contribution in [0.5, 0.6) is 5.75 Å². The van der Waals surface area contributed by atoms with E-state index < -0.39 is 11.4 Å². The molecule has 0 radical (unpaired) electrons. The molecule has 1 fully saturated rings. The number of nitrogens with zero attached hydrogens (tertiary/aromatic N) is 2. The van der Waals surface area contributed by atoms with Crippen molar-refractivity contribution in [2.75, 3.05) is 7.11 Å². The van der Waals surface area contributed by atoms with Gasteiger partial charge in [-0.25, -0.2) is 4.39 Å². The monoisotopic (exact) mass is 353 g/mol. The van der Waals surface area contributed by atoms with E-state index in [9.17, 15) is 4.39 Å². The van der Waals surface area contributed by atoms with Crippen LogP contribution < -0.4 is 10.5 Å². The normalized spacial score (nSPS) is 16.0. The molecule has 0 aliphatic heterocycles. The molecule has 2 aromatic carbocycles. The fraction of sp³-hybridized carbons (Fsp3) is 0.300. The summed E-state index contributed by atoms with van der Waals surface area (Å²) in [6, 6.07) is 12.4. The molecule has 1 heterocycles. The van der Waals surface area contributed by atoms with E-state index in [2.05, 4.69) is 10.1 Å². The predicted octanol–water partition coefficient (Wildman–Crippen LogP) is 4.28. The third-order valence-electron chi connectivity index (χ3n) is 4.99. The number of aromatic nitrogens is 2. The average molecular weight is 353 g/mol. The van der Waals surface area contributed by atoms with E-state index in [-0.39, 0.29) is 11.5 Å². The standard InChI is InChI=1S/C20H20FN3O2/c1-25-15-7-4-13(5-8-15)14-6-9-16(17(21)12-14)18-23-19(24-26-18)20(22)10-2-3-11-20/h4-9,12H,2-3,10-11,22H2,1H3. The van der Waals surface area contributed by atoms with Crippen molar-refractivity contribution in [3.63, 3.8) is 0 Å². The smallest absolute Gasteiger partial charge is 0.260 e. The van der Waals surface area contributed by atoms with E-state index in [0.29, 0.717) is 5.82 Å². The first-order chi connectivity index (χ1) is 12.6. The zero-order chi connectivity index (χ0) is 18.1. The first-order valence-electron chi connectivity index (χ1n) is 8.66. The Morgan fingerprint density at radius 1 is 1.08 bits per heavy atom. The lowest BCUT2D eigenvalue weighted by atomic mass is 9.98. The average Bonchev–Trinajstić information content (AvgIpc) is 3.32. The molecule has 3 aromatic rings. The summed E-state index contributed by atoms with van der Waals surface area (Å²) in [4.78, 5) is 4.36. The molecule has 4 rings (SSSR count). The van der Waals surface area contributed by atoms with Gasteiger partial charge in [-0.15, -0.1) is 0 Å². The van der Waals surface area contributed by atoms with Crippen LogP contribution >= 0.6 is 0 Å². The third kappa shape index (κ3) is 2.97. The number of halogens is 1. The quantitative estimate of drug-likeness (QED) is 0.758. The lowest BCUT2D eigenvalue weighted by molar-refractivity contribution is 0.372. The maximum absolute atomic E-state index is 14.7. The van der Waals surface area contributed by atoms with Gasteiger partial charge in [0.1, 0.15) is 11.6 Å². The van der Waals surface area contributed by atoms with Gasteiger partial charge < -0.3 is 15.0 Å². The van der Waals surface area contributed by atoms with E-state index in [0.717, 1.165) is 42.6 Å². The summed E-state index contributed by atoms with van der Waals surface area (Å²) in [5.41, 5.74) is 7.73. The van der Waals surface area contributed by atoms with Crippen LogP contribution in [0.3, 0.4) is 0 Å². The van der Waals surface area contributed by atoms with Crippen molar-refractivity contribution < 1.29 is 13.7 Å². The van der Waals surface area contributed by atoms with Crippen LogP contribution in [0.1, 0.15) is 31.5 Å². The van der Waals surface area contributed by atoms with E-state index in [1.165, 1.54) is 6.07 Å². The number of hydrogen-bond acceptors (Lipinski definition) is 5. The molecule has 1 aromatic heterocycles. The highest BCUT2D eigenvalue weighted by atomic mass is 19.1. The number of methoxy groups -OCH3 is 1. The molecule has 134 valence electrons. The van der Waals surface area contributed by atoms with Gasteiger partial charge in [-0.1, -0.05) is 36.2 Å². The van der Waals surface area contributed by atoms with Gasteiger partial charge in [0.15, 0.2) is 5.82 Å². The van der Waals surface area contributed by atoms with Crippen molar-refractivity contribution in [1.29, 1.82) is 0 Å². The fourth-order valence-electron chi connectivity index (χ4n) is 3.42. The molecular formula is C20H20FN3O2. The Bertz CT molecular complexity index is 915. The van der Waals surface area contributed by atoms with Crippen LogP contribution in [-0.4, -0.2) is 17.3 Å². The van der Waals surface area contributed by atoms with Crippen LogP contribution in [0.4, 0.5) is 4.39 Å². The predicted molar refractivity (Wildman–Crippen MR) is 96.0 cm³/mol. The maximum Gasteiger partial charge on any atom is 0.260 e. The summed E-state index contributed by atoms with van der Waals surface area (Å²) >= 11 is 0. The Morgan fingerprint density at radius 2 is 1.77 bits per heavy atom. The molecule has 26 heavy (non-hydrogen) atoms. The first-order valence-corrected chi connectivity index (χ1v) is 8.66. The van der Waals surface area contributed by atoms with Crippen molar-refractivity contribution in [1.82, 2.24) is 10.1 Å². The van der Waals surface area contributed by atoms with Gasteiger partial charge in [-0.3, -0.25) is 0 Å². The Kier molecular flexibility index (Phi) is 4.20. The molecule has 0 unspecified atom stereocenters. The summed E-state index contributed by atoms with van der Waals surface area (Å²) in [5.74, 6) is 0.969. The molecule has 1 saturated carbocycles. The highest BCUT2D eigenvalue weighted by Crippen LogP contribution is 2.36. The van der Waals surface area contributed by atoms with E-state index in [1.54, 1.807) is 13.2 Å². The van der Waals surface area contributed by atoms with E-state index >= 15 is 0 Å². The molecule has 5 nitrogen and oxygen atoms in total. The lowest BCUT2D eigenvalue weighted by Gasteiger charge is -2.17. The number of rotatable bonds is 4. The Morgan fingerprint density at radius 3 is 2.42 bits per heavy atom. The Labute approximate surface area is 151 Å². The van der Waals surface area contributed by atoms with Crippen LogP contribution in [0.2, 0.25) is 0 Å². The van der Waals surface area contributed by atoms with Crippen LogP contribution in [0.25, 0.3) is 22.6 Å². The van der Waals surface area contributed by atoms with Gasteiger partial charge >= 0.3 is 0 Å². The van der Waals surface area contributed by atoms with Crippen molar-refractivity contribution in [2.24, 2.45) is 5.73 Å². The van der Waals surface area contributed by atoms with Crippen molar-refractivity contribution >= 4 is 0 Å². The van der Waals surface area contributed by atoms with Crippen LogP contribution in [0, 0.1) is 5.82 Å². The summed E-state index contributed by atoms with van der Waals surface area (Å²) in [7, 11) is 1.61. The van der Waals surface area contributed by atoms with Crippen molar-refractivity contribution in [2.45, 2.75) is 31.2 Å². The number of benzene rings is 2. The fourth-order valence-corrected chi connectivity index (χ4v) is 3.42. The minimum absolute atomic E-state index is 0.163. The SMILES string of the molecule is COc1ccc(-c2ccc(-c3nc(C4(N)CCCC4)no3)c(F)c2)cc1. The zero-order valence-corrected chi connectivity index (χ0v) is 14.5. The first kappa shape index (κ1) is 16.7. The molecule has 1 aliphatic carbocycles. The van der Waals surface area contributed by atoms with E-state index in [1.807, 2.05) is 30.3 Å². The number of hydrogen-bond donors (Lipinski definition) is 1. The Hall–Kier alpha value is -2.73. The van der Waals surface area contributed by atoms with E-state index in [4.69, 9.17) is 15.0 Å². The molecule has 0 amide bonds. The number of nitrogens with two attached hydrogens (primary N) is 1. The second kappa shape index (κ2) is 6.53. The summed E-state index contributed by atoms with van der Waals surface area (Å²) < 4.78 is 25.1. The topological polar surface area (TPSA) is 74.2 Å². The van der Waals surface area contributed by atoms with Crippen LogP contribution in [-0.2, 0) is 5.54 Å². The van der Waals surface area contributed by atoms with Gasteiger partial charge in [0.2, 0.25) is 0 Å². The maximum atomic E-state index is 14.7. The highest BCUT2D eigenvalue weighted by molar-refractivity contribution is 5.68. The molecule has 0 atom stereocenters. The molecule has 0 spiro atoms. The van der Waals surface area contributed by atoms with Gasteiger partial charge in [-0.2, -0.15) is 4.98 Å². The zero-order valence-electron chi connectivity index (χ0n) is 14.5. The lowest BCUT2D eigenvalue weighted by Crippen LogP contribution is -2.34. The molecule has 0 bridgehead atoms. The second-order valence-electron chi connectivity index (χ2n) is 6.71. The molecule has 2 N–H and O–H groups in total. The molecule has 0 saturated heterocycles. The number of ether oxygens (including phenoxy) is 1.